The van der Waals surface area contributed by atoms with Crippen LogP contribution in [0.5, 0.6) is 0 Å². The third-order valence-electron chi connectivity index (χ3n) is 1.54. The molecule has 0 N–H and O–H groups in total. The molecular formula is C7H15NO2. The first kappa shape index (κ1) is 9.59. The lowest BCUT2D eigenvalue weighted by Gasteiger charge is -2.18. The number of carbonyl (C=O) groups is 1. The van der Waals surface area contributed by atoms with Gasteiger partial charge in [0, 0.05) is 13.7 Å². The number of nitrogens with zero attached hydrogens (tertiary/aromatic N) is 1. The van der Waals surface area contributed by atoms with Crippen LogP contribution in [-0.2, 0) is 9.53 Å². The Hall–Kier alpha value is -0.410. The maximum absolute atomic E-state index is 10.2. The van der Waals surface area contributed by atoms with Gasteiger partial charge in [-0.25, -0.2) is 0 Å². The number of aldehydes is 1. The minimum atomic E-state index is -0.00449. The SMILES string of the molecule is COCCN(C)C(C)C=O. The van der Waals surface area contributed by atoms with Gasteiger partial charge in [0.1, 0.15) is 6.29 Å². The van der Waals surface area contributed by atoms with Crippen molar-refractivity contribution < 1.29 is 9.53 Å². The Bertz CT molecular complexity index is 95.6. The van der Waals surface area contributed by atoms with Gasteiger partial charge in [-0.1, -0.05) is 0 Å². The highest BCUT2D eigenvalue weighted by Crippen LogP contribution is 1.89. The van der Waals surface area contributed by atoms with Crippen molar-refractivity contribution >= 4 is 6.29 Å². The van der Waals surface area contributed by atoms with E-state index < -0.39 is 0 Å². The van der Waals surface area contributed by atoms with Gasteiger partial charge in [-0.3, -0.25) is 4.90 Å². The second-order valence-electron chi connectivity index (χ2n) is 2.35. The fourth-order valence-electron chi connectivity index (χ4n) is 0.543. The minimum Gasteiger partial charge on any atom is -0.383 e. The monoisotopic (exact) mass is 145 g/mol. The highest BCUT2D eigenvalue weighted by molar-refractivity contribution is 5.56. The van der Waals surface area contributed by atoms with Crippen LogP contribution in [-0.4, -0.2) is 44.5 Å². The molecule has 0 aromatic rings. The van der Waals surface area contributed by atoms with E-state index in [2.05, 4.69) is 0 Å². The summed E-state index contributed by atoms with van der Waals surface area (Å²) < 4.78 is 4.85. The predicted molar refractivity (Wildman–Crippen MR) is 40.0 cm³/mol. The van der Waals surface area contributed by atoms with Gasteiger partial charge >= 0.3 is 0 Å². The lowest BCUT2D eigenvalue weighted by molar-refractivity contribution is -0.111. The van der Waals surface area contributed by atoms with E-state index in [0.29, 0.717) is 6.61 Å². The molecule has 0 amide bonds. The molecule has 0 saturated heterocycles. The minimum absolute atomic E-state index is 0.00449. The van der Waals surface area contributed by atoms with Crippen molar-refractivity contribution in [3.63, 3.8) is 0 Å². The smallest absolute Gasteiger partial charge is 0.136 e. The van der Waals surface area contributed by atoms with Gasteiger partial charge in [0.05, 0.1) is 12.6 Å². The van der Waals surface area contributed by atoms with Crippen LogP contribution in [0, 0.1) is 0 Å². The first-order valence-electron chi connectivity index (χ1n) is 3.36. The van der Waals surface area contributed by atoms with Gasteiger partial charge in [0.15, 0.2) is 0 Å². The van der Waals surface area contributed by atoms with Crippen LogP contribution in [0.25, 0.3) is 0 Å². The van der Waals surface area contributed by atoms with Gasteiger partial charge in [0.25, 0.3) is 0 Å². The number of carbonyl (C=O) groups excluding carboxylic acids is 1. The molecule has 1 unspecified atom stereocenters. The molecule has 1 atom stereocenters. The lowest BCUT2D eigenvalue weighted by atomic mass is 10.3. The number of ether oxygens (including phenoxy) is 1. The molecular weight excluding hydrogens is 130 g/mol. The summed E-state index contributed by atoms with van der Waals surface area (Å²) >= 11 is 0. The molecule has 0 saturated carbocycles. The maximum Gasteiger partial charge on any atom is 0.136 e. The zero-order chi connectivity index (χ0) is 7.98. The molecule has 0 rings (SSSR count). The third-order valence-corrected chi connectivity index (χ3v) is 1.54. The number of hydrogen-bond donors (Lipinski definition) is 0. The third kappa shape index (κ3) is 3.58. The molecule has 0 radical (unpaired) electrons. The zero-order valence-electron chi connectivity index (χ0n) is 6.83. The Morgan fingerprint density at radius 2 is 2.30 bits per heavy atom. The summed E-state index contributed by atoms with van der Waals surface area (Å²) in [7, 11) is 3.55. The topological polar surface area (TPSA) is 29.5 Å². The lowest BCUT2D eigenvalue weighted by Crippen LogP contribution is -2.32. The van der Waals surface area contributed by atoms with Crippen molar-refractivity contribution in [1.82, 2.24) is 4.90 Å². The van der Waals surface area contributed by atoms with Crippen molar-refractivity contribution in [3.05, 3.63) is 0 Å². The van der Waals surface area contributed by atoms with Crippen molar-refractivity contribution in [3.8, 4) is 0 Å². The van der Waals surface area contributed by atoms with Crippen LogP contribution in [0.2, 0.25) is 0 Å². The summed E-state index contributed by atoms with van der Waals surface area (Å²) in [5, 5.41) is 0. The maximum atomic E-state index is 10.2. The number of rotatable bonds is 5. The summed E-state index contributed by atoms with van der Waals surface area (Å²) in [5.41, 5.74) is 0. The van der Waals surface area contributed by atoms with Crippen molar-refractivity contribution in [2.24, 2.45) is 0 Å². The summed E-state index contributed by atoms with van der Waals surface area (Å²) in [6.07, 6.45) is 0.926. The average molecular weight is 145 g/mol. The van der Waals surface area contributed by atoms with Crippen molar-refractivity contribution in [1.29, 1.82) is 0 Å². The average Bonchev–Trinajstić information content (AvgIpc) is 1.98. The van der Waals surface area contributed by atoms with Crippen molar-refractivity contribution in [2.75, 3.05) is 27.3 Å². The number of methoxy groups -OCH3 is 1. The Morgan fingerprint density at radius 1 is 1.70 bits per heavy atom. The molecule has 60 valence electrons. The van der Waals surface area contributed by atoms with E-state index >= 15 is 0 Å². The molecule has 3 nitrogen and oxygen atoms in total. The van der Waals surface area contributed by atoms with Crippen LogP contribution >= 0.6 is 0 Å². The van der Waals surface area contributed by atoms with E-state index in [0.717, 1.165) is 12.8 Å². The summed E-state index contributed by atoms with van der Waals surface area (Å²) in [4.78, 5) is 12.2. The Morgan fingerprint density at radius 3 is 2.70 bits per heavy atom. The van der Waals surface area contributed by atoms with E-state index in [4.69, 9.17) is 4.74 Å². The van der Waals surface area contributed by atoms with Gasteiger partial charge < -0.3 is 9.53 Å². The van der Waals surface area contributed by atoms with E-state index in [-0.39, 0.29) is 6.04 Å². The first-order valence-corrected chi connectivity index (χ1v) is 3.36. The Balaban J connectivity index is 3.40. The molecule has 3 heteroatoms. The fraction of sp³-hybridized carbons (Fsp3) is 0.857. The van der Waals surface area contributed by atoms with Crippen LogP contribution in [0.4, 0.5) is 0 Å². The van der Waals surface area contributed by atoms with Gasteiger partial charge in [-0.15, -0.1) is 0 Å². The Labute approximate surface area is 62.0 Å². The molecule has 0 aromatic heterocycles. The summed E-state index contributed by atoms with van der Waals surface area (Å²) in [6.45, 7) is 3.34. The van der Waals surface area contributed by atoms with Crippen molar-refractivity contribution in [2.45, 2.75) is 13.0 Å². The normalized spacial score (nSPS) is 13.6. The molecule has 10 heavy (non-hydrogen) atoms. The van der Waals surface area contributed by atoms with Crippen LogP contribution in [0.1, 0.15) is 6.92 Å². The predicted octanol–water partition coefficient (Wildman–Crippen LogP) is 0.152. The van der Waals surface area contributed by atoms with E-state index in [1.54, 1.807) is 7.11 Å². The quantitative estimate of drug-likeness (QED) is 0.516. The van der Waals surface area contributed by atoms with Crippen LogP contribution in [0.3, 0.4) is 0 Å². The molecule has 0 heterocycles. The molecule has 0 fully saturated rings. The Kier molecular flexibility index (Phi) is 5.16. The highest BCUT2D eigenvalue weighted by Gasteiger charge is 2.05. The summed E-state index contributed by atoms with van der Waals surface area (Å²) in [6, 6.07) is -0.00449. The highest BCUT2D eigenvalue weighted by atomic mass is 16.5. The first-order chi connectivity index (χ1) is 4.72. The van der Waals surface area contributed by atoms with Gasteiger partial charge in [-0.2, -0.15) is 0 Å². The molecule has 0 aliphatic carbocycles. The molecule has 0 aliphatic heterocycles. The van der Waals surface area contributed by atoms with Crippen LogP contribution < -0.4 is 0 Å². The van der Waals surface area contributed by atoms with Crippen LogP contribution in [0.15, 0.2) is 0 Å². The second-order valence-corrected chi connectivity index (χ2v) is 2.35. The number of likely N-dealkylation sites (N-methyl/N-ethyl adjacent to an activating group) is 1. The van der Waals surface area contributed by atoms with E-state index in [9.17, 15) is 4.79 Å². The number of hydrogen-bond acceptors (Lipinski definition) is 3. The fourth-order valence-corrected chi connectivity index (χ4v) is 0.543. The molecule has 0 aromatic carbocycles. The molecule has 0 spiro atoms. The summed E-state index contributed by atoms with van der Waals surface area (Å²) in [5.74, 6) is 0. The largest absolute Gasteiger partial charge is 0.383 e. The second kappa shape index (κ2) is 5.38. The van der Waals surface area contributed by atoms with E-state index in [1.165, 1.54) is 0 Å². The van der Waals surface area contributed by atoms with E-state index in [1.807, 2.05) is 18.9 Å². The zero-order valence-corrected chi connectivity index (χ0v) is 6.83. The van der Waals surface area contributed by atoms with Gasteiger partial charge in [-0.05, 0) is 14.0 Å². The van der Waals surface area contributed by atoms with Gasteiger partial charge in [0.2, 0.25) is 0 Å². The molecule has 0 bridgehead atoms. The standard InChI is InChI=1S/C7H15NO2/c1-7(6-9)8(2)4-5-10-3/h6-7H,4-5H2,1-3H3. The molecule has 0 aliphatic rings.